The fourth-order valence-corrected chi connectivity index (χ4v) is 0.322. The molecular weight excluding hydrogens is 90.1 g/mol. The second kappa shape index (κ2) is 2.42. The highest BCUT2D eigenvalue weighted by atomic mass is 16.6. The molecule has 2 heteroatoms. The van der Waals surface area contributed by atoms with Gasteiger partial charge in [-0.1, -0.05) is 12.2 Å². The highest BCUT2D eigenvalue weighted by molar-refractivity contribution is 5.05. The third-order valence-electron chi connectivity index (χ3n) is 0.601. The second-order valence-electron chi connectivity index (χ2n) is 1.12. The molecule has 0 amide bonds. The molecule has 1 aliphatic heterocycles. The van der Waals surface area contributed by atoms with E-state index in [1.54, 1.807) is 18.9 Å². The van der Waals surface area contributed by atoms with Crippen molar-refractivity contribution >= 4 is 0 Å². The minimum absolute atomic E-state index is 1.57. The van der Waals surface area contributed by atoms with Gasteiger partial charge in [0.25, 0.3) is 0 Å². The molecule has 0 unspecified atom stereocenters. The minimum Gasteiger partial charge on any atom is -0.416 e. The summed E-state index contributed by atoms with van der Waals surface area (Å²) in [5.41, 5.74) is 2.55. The normalized spacial score (nSPS) is 18.3. The Kier molecular flexibility index (Phi) is 1.52. The van der Waals surface area contributed by atoms with Gasteiger partial charge in [-0.3, -0.25) is 0 Å². The van der Waals surface area contributed by atoms with Crippen molar-refractivity contribution in [2.24, 2.45) is 0 Å². The summed E-state index contributed by atoms with van der Waals surface area (Å²) in [6, 6.07) is 0. The fraction of sp³-hybridized carbons (Fsp3) is 0. The van der Waals surface area contributed by atoms with Crippen molar-refractivity contribution in [3.63, 3.8) is 0 Å². The predicted molar refractivity (Wildman–Crippen MR) is 26.8 cm³/mol. The summed E-state index contributed by atoms with van der Waals surface area (Å²) in [6.07, 6.45) is 7.10. The van der Waals surface area contributed by atoms with Gasteiger partial charge in [0.05, 0.1) is 6.54 Å². The van der Waals surface area contributed by atoms with Crippen molar-refractivity contribution in [1.29, 1.82) is 0 Å². The van der Waals surface area contributed by atoms with Crippen LogP contribution in [0.3, 0.4) is 0 Å². The average molecular weight is 96.1 g/mol. The van der Waals surface area contributed by atoms with Crippen molar-refractivity contribution in [1.82, 2.24) is 5.48 Å². The topological polar surface area (TPSA) is 21.3 Å². The van der Waals surface area contributed by atoms with Crippen LogP contribution in [0.15, 0.2) is 24.5 Å². The van der Waals surface area contributed by atoms with Gasteiger partial charge in [-0.05, 0) is 6.08 Å². The van der Waals surface area contributed by atoms with E-state index in [1.807, 2.05) is 12.2 Å². The molecule has 1 aliphatic rings. The lowest BCUT2D eigenvalue weighted by molar-refractivity contribution is 0.166. The highest BCUT2D eigenvalue weighted by Gasteiger charge is 1.78. The van der Waals surface area contributed by atoms with Crippen molar-refractivity contribution in [3.05, 3.63) is 31.0 Å². The van der Waals surface area contributed by atoms with E-state index in [1.165, 1.54) is 0 Å². The molecule has 0 bridgehead atoms. The summed E-state index contributed by atoms with van der Waals surface area (Å²) < 4.78 is 0. The van der Waals surface area contributed by atoms with E-state index >= 15 is 0 Å². The van der Waals surface area contributed by atoms with Crippen molar-refractivity contribution in [2.45, 2.75) is 0 Å². The van der Waals surface area contributed by atoms with Crippen LogP contribution in [0, 0.1) is 6.54 Å². The molecular formula is C5H6NO. The van der Waals surface area contributed by atoms with E-state index in [2.05, 4.69) is 10.3 Å². The minimum atomic E-state index is 1.57. The number of hydrogen-bond acceptors (Lipinski definition) is 2. The maximum atomic E-state index is 4.65. The third-order valence-corrected chi connectivity index (χ3v) is 0.601. The van der Waals surface area contributed by atoms with Gasteiger partial charge in [0.15, 0.2) is 0 Å². The Labute approximate surface area is 42.4 Å². The zero-order valence-electron chi connectivity index (χ0n) is 3.79. The third kappa shape index (κ3) is 1.41. The van der Waals surface area contributed by atoms with Crippen molar-refractivity contribution in [3.8, 4) is 0 Å². The molecule has 1 N–H and O–H groups in total. The van der Waals surface area contributed by atoms with Gasteiger partial charge in [0.2, 0.25) is 0 Å². The van der Waals surface area contributed by atoms with Gasteiger partial charge in [0, 0.05) is 0 Å². The van der Waals surface area contributed by atoms with Crippen molar-refractivity contribution in [2.75, 3.05) is 0 Å². The molecule has 0 atom stereocenters. The summed E-state index contributed by atoms with van der Waals surface area (Å²) in [5.74, 6) is 0. The highest BCUT2D eigenvalue weighted by Crippen LogP contribution is 1.84. The molecule has 0 saturated heterocycles. The van der Waals surface area contributed by atoms with Crippen LogP contribution in [0.25, 0.3) is 0 Å². The summed E-state index contributed by atoms with van der Waals surface area (Å²) in [6.45, 7) is 1.71. The first-order chi connectivity index (χ1) is 3.50. The molecule has 2 nitrogen and oxygen atoms in total. The van der Waals surface area contributed by atoms with Crippen LogP contribution in [0.4, 0.5) is 0 Å². The van der Waals surface area contributed by atoms with Crippen molar-refractivity contribution < 1.29 is 4.84 Å². The summed E-state index contributed by atoms with van der Waals surface area (Å²) in [7, 11) is 0. The molecule has 0 aromatic heterocycles. The lowest BCUT2D eigenvalue weighted by Crippen LogP contribution is -2.02. The molecule has 1 heterocycles. The molecule has 7 heavy (non-hydrogen) atoms. The van der Waals surface area contributed by atoms with Crippen LogP contribution in [-0.4, -0.2) is 0 Å². The fourth-order valence-electron chi connectivity index (χ4n) is 0.322. The Morgan fingerprint density at radius 3 is 3.14 bits per heavy atom. The lowest BCUT2D eigenvalue weighted by atomic mass is 10.5. The van der Waals surface area contributed by atoms with E-state index in [-0.39, 0.29) is 0 Å². The van der Waals surface area contributed by atoms with Gasteiger partial charge in [-0.25, -0.2) is 0 Å². The molecule has 0 fully saturated rings. The first-order valence-corrected chi connectivity index (χ1v) is 2.06. The molecule has 0 aromatic rings. The molecule has 0 aromatic carbocycles. The van der Waals surface area contributed by atoms with E-state index in [0.29, 0.717) is 0 Å². The van der Waals surface area contributed by atoms with Crippen LogP contribution in [0.1, 0.15) is 0 Å². The largest absolute Gasteiger partial charge is 0.416 e. The standard InChI is InChI=1S/C5H6NO/c1-2-4-6-7-5-3-1/h1-6H. The predicted octanol–water partition coefficient (Wildman–Crippen LogP) is 0.753. The van der Waals surface area contributed by atoms with Gasteiger partial charge >= 0.3 is 0 Å². The first-order valence-electron chi connectivity index (χ1n) is 2.06. The van der Waals surface area contributed by atoms with Gasteiger partial charge in [-0.15, -0.1) is 5.48 Å². The van der Waals surface area contributed by atoms with Gasteiger partial charge < -0.3 is 4.84 Å². The number of allylic oxidation sites excluding steroid dienone is 2. The Hall–Kier alpha value is -0.760. The van der Waals surface area contributed by atoms with E-state index in [9.17, 15) is 0 Å². The lowest BCUT2D eigenvalue weighted by Gasteiger charge is -1.91. The zero-order valence-corrected chi connectivity index (χ0v) is 3.79. The van der Waals surface area contributed by atoms with E-state index < -0.39 is 0 Å². The van der Waals surface area contributed by atoms with E-state index in [0.717, 1.165) is 0 Å². The van der Waals surface area contributed by atoms with Gasteiger partial charge in [-0.2, -0.15) is 0 Å². The van der Waals surface area contributed by atoms with Crippen LogP contribution < -0.4 is 5.48 Å². The summed E-state index contributed by atoms with van der Waals surface area (Å²) in [5, 5.41) is 0. The number of hydrogen-bond donors (Lipinski definition) is 1. The monoisotopic (exact) mass is 96.0 g/mol. The van der Waals surface area contributed by atoms with Crippen LogP contribution in [0.5, 0.6) is 0 Å². The Balaban J connectivity index is 2.39. The molecule has 0 spiro atoms. The molecule has 0 saturated carbocycles. The van der Waals surface area contributed by atoms with E-state index in [4.69, 9.17) is 0 Å². The van der Waals surface area contributed by atoms with Crippen LogP contribution in [0.2, 0.25) is 0 Å². The van der Waals surface area contributed by atoms with Crippen LogP contribution >= 0.6 is 0 Å². The number of hydroxylamine groups is 1. The SMILES string of the molecule is [CH]1C=CC=CON1. The summed E-state index contributed by atoms with van der Waals surface area (Å²) >= 11 is 0. The molecule has 1 radical (unpaired) electrons. The second-order valence-corrected chi connectivity index (χ2v) is 1.12. The summed E-state index contributed by atoms with van der Waals surface area (Å²) in [4.78, 5) is 4.65. The zero-order chi connectivity index (χ0) is 4.95. The molecule has 37 valence electrons. The number of rotatable bonds is 0. The number of nitrogens with one attached hydrogen (secondary N) is 1. The van der Waals surface area contributed by atoms with Crippen LogP contribution in [-0.2, 0) is 4.84 Å². The Morgan fingerprint density at radius 1 is 1.14 bits per heavy atom. The maximum Gasteiger partial charge on any atom is 0.111 e. The van der Waals surface area contributed by atoms with Gasteiger partial charge in [0.1, 0.15) is 6.26 Å². The molecule has 1 rings (SSSR count). The molecule has 0 aliphatic carbocycles. The first kappa shape index (κ1) is 4.40. The Bertz CT molecular complexity index is 84.3. The Morgan fingerprint density at radius 2 is 2.14 bits per heavy atom. The maximum absolute atomic E-state index is 4.65. The smallest absolute Gasteiger partial charge is 0.111 e. The quantitative estimate of drug-likeness (QED) is 0.480. The average Bonchev–Trinajstić information content (AvgIpc) is 1.90.